The van der Waals surface area contributed by atoms with Crippen LogP contribution in [-0.2, 0) is 13.0 Å². The van der Waals surface area contributed by atoms with Crippen LogP contribution in [0.2, 0.25) is 0 Å². The number of para-hydroxylation sites is 1. The fourth-order valence-electron chi connectivity index (χ4n) is 3.28. The van der Waals surface area contributed by atoms with Crippen LogP contribution in [0.15, 0.2) is 46.0 Å². The summed E-state index contributed by atoms with van der Waals surface area (Å²) in [6.07, 6.45) is 2.61. The van der Waals surface area contributed by atoms with Crippen LogP contribution in [-0.4, -0.2) is 29.4 Å². The first-order chi connectivity index (χ1) is 11.7. The summed E-state index contributed by atoms with van der Waals surface area (Å²) in [6, 6.07) is 10.7. The van der Waals surface area contributed by atoms with Crippen LogP contribution in [0.1, 0.15) is 28.6 Å². The summed E-state index contributed by atoms with van der Waals surface area (Å²) in [5.41, 5.74) is 3.50. The molecule has 2 aromatic rings. The number of aliphatic imine (C=N–C) groups is 1. The van der Waals surface area contributed by atoms with Gasteiger partial charge in [0.2, 0.25) is 0 Å². The Bertz CT molecular complexity index is 799. The van der Waals surface area contributed by atoms with E-state index in [1.54, 1.807) is 18.0 Å². The van der Waals surface area contributed by atoms with Crippen molar-refractivity contribution in [3.8, 4) is 0 Å². The lowest BCUT2D eigenvalue weighted by Crippen LogP contribution is -2.31. The zero-order chi connectivity index (χ0) is 16.5. The Morgan fingerprint density at radius 2 is 2.29 bits per heavy atom. The maximum atomic E-state index is 12.5. The van der Waals surface area contributed by atoms with Crippen LogP contribution >= 0.6 is 11.8 Å². The van der Waals surface area contributed by atoms with Gasteiger partial charge >= 0.3 is 0 Å². The molecule has 0 bridgehead atoms. The molecule has 0 saturated heterocycles. The summed E-state index contributed by atoms with van der Waals surface area (Å²) in [4.78, 5) is 19.1. The molecule has 0 radical (unpaired) electrons. The molecule has 6 heteroatoms. The number of hydrogen-bond acceptors (Lipinski definition) is 5. The van der Waals surface area contributed by atoms with Crippen molar-refractivity contribution in [1.29, 1.82) is 0 Å². The van der Waals surface area contributed by atoms with Crippen LogP contribution in [0.3, 0.4) is 0 Å². The van der Waals surface area contributed by atoms with Crippen molar-refractivity contribution in [2.45, 2.75) is 25.9 Å². The van der Waals surface area contributed by atoms with Gasteiger partial charge in [-0.15, -0.1) is 0 Å². The minimum Gasteiger partial charge on any atom is -0.459 e. The van der Waals surface area contributed by atoms with Gasteiger partial charge in [-0.25, -0.2) is 0 Å². The summed E-state index contributed by atoms with van der Waals surface area (Å²) >= 11 is 1.56. The van der Waals surface area contributed by atoms with Gasteiger partial charge in [0.15, 0.2) is 10.9 Å². The maximum absolute atomic E-state index is 12.5. The number of carbonyl (C=O) groups is 1. The number of furan rings is 1. The number of benzene rings is 1. The number of rotatable bonds is 3. The van der Waals surface area contributed by atoms with Gasteiger partial charge in [0.05, 0.1) is 12.8 Å². The number of nitrogens with zero attached hydrogens (tertiary/aromatic N) is 2. The number of hydrogen-bond donors (Lipinski definition) is 1. The minimum absolute atomic E-state index is 0.219. The van der Waals surface area contributed by atoms with E-state index in [2.05, 4.69) is 46.4 Å². The summed E-state index contributed by atoms with van der Waals surface area (Å²) in [5, 5.41) is 3.52. The van der Waals surface area contributed by atoms with Crippen LogP contribution < -0.4 is 10.2 Å². The van der Waals surface area contributed by atoms with E-state index in [0.29, 0.717) is 23.5 Å². The zero-order valence-electron chi connectivity index (χ0n) is 13.5. The molecule has 124 valence electrons. The van der Waals surface area contributed by atoms with E-state index in [-0.39, 0.29) is 5.91 Å². The van der Waals surface area contributed by atoms with Crippen molar-refractivity contribution in [3.05, 3.63) is 53.5 Å². The van der Waals surface area contributed by atoms with Crippen LogP contribution in [0.25, 0.3) is 0 Å². The molecule has 1 aromatic carbocycles. The van der Waals surface area contributed by atoms with Crippen LogP contribution in [0.5, 0.6) is 0 Å². The molecule has 2 aliphatic heterocycles. The molecule has 3 heterocycles. The van der Waals surface area contributed by atoms with Gasteiger partial charge in [-0.1, -0.05) is 30.0 Å². The van der Waals surface area contributed by atoms with Crippen molar-refractivity contribution in [2.75, 3.05) is 17.2 Å². The van der Waals surface area contributed by atoms with E-state index in [4.69, 9.17) is 4.42 Å². The Labute approximate surface area is 145 Å². The van der Waals surface area contributed by atoms with Gasteiger partial charge in [-0.05, 0) is 31.0 Å². The van der Waals surface area contributed by atoms with E-state index in [1.165, 1.54) is 11.3 Å². The van der Waals surface area contributed by atoms with Crippen molar-refractivity contribution in [2.24, 2.45) is 4.99 Å². The predicted octanol–water partition coefficient (Wildman–Crippen LogP) is 3.06. The first-order valence-electron chi connectivity index (χ1n) is 8.12. The number of amidine groups is 1. The number of amides is 1. The highest BCUT2D eigenvalue weighted by atomic mass is 32.2. The molecule has 1 N–H and O–H groups in total. The molecule has 0 saturated carbocycles. The van der Waals surface area contributed by atoms with Crippen LogP contribution in [0.4, 0.5) is 5.69 Å². The highest BCUT2D eigenvalue weighted by Crippen LogP contribution is 2.33. The Morgan fingerprint density at radius 1 is 1.42 bits per heavy atom. The highest BCUT2D eigenvalue weighted by Gasteiger charge is 2.28. The normalized spacial score (nSPS) is 19.3. The second kappa shape index (κ2) is 6.36. The summed E-state index contributed by atoms with van der Waals surface area (Å²) in [6.45, 7) is 3.63. The number of carbonyl (C=O) groups excluding carboxylic acids is 1. The van der Waals surface area contributed by atoms with Crippen molar-refractivity contribution < 1.29 is 9.21 Å². The maximum Gasteiger partial charge on any atom is 0.293 e. The number of fused-ring (bicyclic) bond motifs is 1. The van der Waals surface area contributed by atoms with Gasteiger partial charge in [-0.3, -0.25) is 15.1 Å². The second-order valence-corrected chi connectivity index (χ2v) is 7.16. The number of thioether (sulfide) groups is 1. The monoisotopic (exact) mass is 341 g/mol. The molecular formula is C18H19N3O2S. The van der Waals surface area contributed by atoms with Gasteiger partial charge in [0.25, 0.3) is 5.91 Å². The van der Waals surface area contributed by atoms with E-state index in [9.17, 15) is 4.79 Å². The second-order valence-electron chi connectivity index (χ2n) is 6.07. The molecule has 1 atom stereocenters. The van der Waals surface area contributed by atoms with E-state index in [0.717, 1.165) is 24.3 Å². The molecule has 1 aromatic heterocycles. The quantitative estimate of drug-likeness (QED) is 0.932. The zero-order valence-corrected chi connectivity index (χ0v) is 14.3. The minimum atomic E-state index is -0.219. The van der Waals surface area contributed by atoms with Gasteiger partial charge < -0.3 is 9.32 Å². The topological polar surface area (TPSA) is 57.8 Å². The van der Waals surface area contributed by atoms with E-state index >= 15 is 0 Å². The molecule has 24 heavy (non-hydrogen) atoms. The predicted molar refractivity (Wildman–Crippen MR) is 96.7 cm³/mol. The van der Waals surface area contributed by atoms with Crippen LogP contribution in [0, 0.1) is 0 Å². The average Bonchev–Trinajstić information content (AvgIpc) is 3.29. The molecule has 0 spiro atoms. The molecule has 5 nitrogen and oxygen atoms in total. The lowest BCUT2D eigenvalue weighted by Gasteiger charge is -2.24. The molecule has 0 aliphatic carbocycles. The Hall–Kier alpha value is -2.21. The largest absolute Gasteiger partial charge is 0.459 e. The highest BCUT2D eigenvalue weighted by molar-refractivity contribution is 8.14. The van der Waals surface area contributed by atoms with Gasteiger partial charge in [0, 0.05) is 29.6 Å². The van der Waals surface area contributed by atoms with Gasteiger partial charge in [0.1, 0.15) is 0 Å². The van der Waals surface area contributed by atoms with Crippen molar-refractivity contribution >= 4 is 28.5 Å². The summed E-state index contributed by atoms with van der Waals surface area (Å²) < 4.78 is 5.47. The average molecular weight is 341 g/mol. The number of nitrogens with one attached hydrogen (secondary N) is 1. The summed E-state index contributed by atoms with van der Waals surface area (Å²) in [5.74, 6) is 1.08. The first-order valence-corrected chi connectivity index (χ1v) is 9.10. The molecule has 4 rings (SSSR count). The molecule has 2 aliphatic rings. The third-order valence-electron chi connectivity index (χ3n) is 4.45. The van der Waals surface area contributed by atoms with E-state index < -0.39 is 0 Å². The van der Waals surface area contributed by atoms with Crippen molar-refractivity contribution in [3.63, 3.8) is 0 Å². The molecule has 1 amide bonds. The Kier molecular flexibility index (Phi) is 4.06. The lowest BCUT2D eigenvalue weighted by molar-refractivity contribution is 0.0949. The smallest absolute Gasteiger partial charge is 0.293 e. The molecular weight excluding hydrogens is 322 g/mol. The summed E-state index contributed by atoms with van der Waals surface area (Å²) in [7, 11) is 0. The lowest BCUT2D eigenvalue weighted by atomic mass is 10.1. The third kappa shape index (κ3) is 2.82. The molecule has 1 unspecified atom stereocenters. The SMILES string of the molecule is CC1Cc2ccccc2N1Cc1ccoc1C(=O)NC1=NCCS1. The molecule has 0 fully saturated rings. The Morgan fingerprint density at radius 3 is 3.12 bits per heavy atom. The first kappa shape index (κ1) is 15.3. The standard InChI is InChI=1S/C18H19N3O2S/c1-12-10-13-4-2-3-5-15(13)21(12)11-14-6-8-23-16(14)17(22)20-18-19-7-9-24-18/h2-6,8,12H,7,9-11H2,1H3,(H,19,20,22). The third-order valence-corrected chi connectivity index (χ3v) is 5.34. The van der Waals surface area contributed by atoms with E-state index in [1.807, 2.05) is 6.07 Å². The van der Waals surface area contributed by atoms with Crippen molar-refractivity contribution in [1.82, 2.24) is 5.32 Å². The fourth-order valence-corrected chi connectivity index (χ4v) is 4.00. The Balaban J connectivity index is 1.54. The fraction of sp³-hybridized carbons (Fsp3) is 0.333. The number of anilines is 1. The van der Waals surface area contributed by atoms with Gasteiger partial charge in [-0.2, -0.15) is 0 Å².